The predicted octanol–water partition coefficient (Wildman–Crippen LogP) is 3.91. The summed E-state index contributed by atoms with van der Waals surface area (Å²) in [7, 11) is 0. The van der Waals surface area contributed by atoms with Crippen molar-refractivity contribution in [1.82, 2.24) is 4.98 Å². The van der Waals surface area contributed by atoms with Gasteiger partial charge in [0, 0.05) is 17.4 Å². The topological polar surface area (TPSA) is 111 Å². The van der Waals surface area contributed by atoms with Crippen LogP contribution in [-0.4, -0.2) is 26.9 Å². The summed E-state index contributed by atoms with van der Waals surface area (Å²) in [4.78, 5) is 27.3. The van der Waals surface area contributed by atoms with E-state index in [1.165, 1.54) is 0 Å². The van der Waals surface area contributed by atoms with Crippen LogP contribution in [0.5, 0.6) is 5.75 Å². The first-order valence-corrected chi connectivity index (χ1v) is 8.87. The zero-order valence-electron chi connectivity index (χ0n) is 14.9. The van der Waals surface area contributed by atoms with Crippen LogP contribution in [0.3, 0.4) is 0 Å². The summed E-state index contributed by atoms with van der Waals surface area (Å²) >= 11 is 6.12. The van der Waals surface area contributed by atoms with Gasteiger partial charge in [-0.25, -0.2) is 4.98 Å². The highest BCUT2D eigenvalue weighted by atomic mass is 35.5. The minimum absolute atomic E-state index is 0.116. The van der Waals surface area contributed by atoms with Gasteiger partial charge in [-0.3, -0.25) is 9.59 Å². The first-order valence-electron chi connectivity index (χ1n) is 8.49. The molecule has 6 nitrogen and oxygen atoms in total. The summed E-state index contributed by atoms with van der Waals surface area (Å²) < 4.78 is 0. The molecule has 7 heteroatoms. The van der Waals surface area contributed by atoms with Crippen LogP contribution in [-0.2, 0) is 4.79 Å². The van der Waals surface area contributed by atoms with Gasteiger partial charge in [-0.2, -0.15) is 5.26 Å². The van der Waals surface area contributed by atoms with E-state index in [0.717, 1.165) is 0 Å². The number of fused-ring (bicyclic) bond motifs is 1. The molecule has 0 amide bonds. The van der Waals surface area contributed by atoms with Crippen LogP contribution in [0.15, 0.2) is 42.5 Å². The second-order valence-electron chi connectivity index (χ2n) is 6.04. The fourth-order valence-corrected chi connectivity index (χ4v) is 2.90. The summed E-state index contributed by atoms with van der Waals surface area (Å²) in [6.07, 6.45) is -0.756. The number of aliphatic carboxylic acids is 1. The average molecular weight is 405 g/mol. The Kier molecular flexibility index (Phi) is 5.78. The Hall–Kier alpha value is -3.87. The highest BCUT2D eigenvalue weighted by molar-refractivity contribution is 6.31. The largest absolute Gasteiger partial charge is 0.504 e. The van der Waals surface area contributed by atoms with E-state index in [9.17, 15) is 20.0 Å². The number of rotatable bonds is 4. The van der Waals surface area contributed by atoms with Gasteiger partial charge < -0.3 is 10.2 Å². The van der Waals surface area contributed by atoms with E-state index in [2.05, 4.69) is 16.8 Å². The molecular weight excluding hydrogens is 392 g/mol. The number of carbonyl (C=O) groups excluding carboxylic acids is 1. The number of hydrogen-bond acceptors (Lipinski definition) is 5. The molecule has 3 rings (SSSR count). The molecule has 0 fully saturated rings. The molecule has 0 unspecified atom stereocenters. The van der Waals surface area contributed by atoms with Crippen molar-refractivity contribution in [3.05, 3.63) is 69.9 Å². The van der Waals surface area contributed by atoms with E-state index < -0.39 is 23.9 Å². The number of hydrogen-bond donors (Lipinski definition) is 2. The maximum absolute atomic E-state index is 12.4. The number of benzene rings is 2. The molecular formula is C22H13ClN2O4. The lowest BCUT2D eigenvalue weighted by Crippen LogP contribution is -2.08. The maximum atomic E-state index is 12.4. The number of halogens is 1. The van der Waals surface area contributed by atoms with Crippen molar-refractivity contribution in [1.29, 1.82) is 5.26 Å². The maximum Gasteiger partial charge on any atom is 0.303 e. The van der Waals surface area contributed by atoms with Gasteiger partial charge in [0.1, 0.15) is 17.3 Å². The number of aromatic nitrogens is 1. The average Bonchev–Trinajstić information content (AvgIpc) is 2.71. The highest BCUT2D eigenvalue weighted by Gasteiger charge is 2.21. The molecule has 0 aliphatic heterocycles. The van der Waals surface area contributed by atoms with Crippen molar-refractivity contribution in [2.45, 2.75) is 12.8 Å². The van der Waals surface area contributed by atoms with Crippen LogP contribution in [0.4, 0.5) is 0 Å². The fourth-order valence-electron chi connectivity index (χ4n) is 2.72. The van der Waals surface area contributed by atoms with Crippen LogP contribution >= 0.6 is 11.6 Å². The number of aromatic hydroxyl groups is 1. The molecule has 0 saturated heterocycles. The van der Waals surface area contributed by atoms with Gasteiger partial charge in [0.15, 0.2) is 11.5 Å². The normalized spacial score (nSPS) is 10.1. The molecule has 0 spiro atoms. The van der Waals surface area contributed by atoms with E-state index in [0.29, 0.717) is 21.5 Å². The quantitative estimate of drug-likeness (QED) is 0.503. The van der Waals surface area contributed by atoms with Crippen molar-refractivity contribution >= 4 is 34.3 Å². The molecule has 0 bridgehead atoms. The minimum Gasteiger partial charge on any atom is -0.504 e. The van der Waals surface area contributed by atoms with Gasteiger partial charge in [-0.1, -0.05) is 47.7 Å². The molecule has 29 heavy (non-hydrogen) atoms. The van der Waals surface area contributed by atoms with E-state index in [4.69, 9.17) is 16.7 Å². The Morgan fingerprint density at radius 1 is 1.03 bits per heavy atom. The Balaban J connectivity index is 2.18. The van der Waals surface area contributed by atoms with E-state index in [1.807, 2.05) is 6.07 Å². The summed E-state index contributed by atoms with van der Waals surface area (Å²) in [5.74, 6) is 3.49. The second-order valence-corrected chi connectivity index (χ2v) is 6.45. The smallest absolute Gasteiger partial charge is 0.303 e. The van der Waals surface area contributed by atoms with Gasteiger partial charge in [-0.05, 0) is 18.2 Å². The van der Waals surface area contributed by atoms with Crippen molar-refractivity contribution in [3.63, 3.8) is 0 Å². The lowest BCUT2D eigenvalue weighted by molar-refractivity contribution is -0.136. The second kappa shape index (κ2) is 8.43. The van der Waals surface area contributed by atoms with Crippen LogP contribution in [0.1, 0.15) is 40.0 Å². The fraction of sp³-hybridized carbons (Fsp3) is 0.0909. The number of nitrogens with zero attached hydrogens (tertiary/aromatic N) is 2. The van der Waals surface area contributed by atoms with Gasteiger partial charge in [-0.15, -0.1) is 0 Å². The molecule has 0 aliphatic carbocycles. The SMILES string of the molecule is N#Cc1c(O)c(C(=O)CCC(=O)O)nc2c(C#Cc3ccccc3Cl)cccc12. The predicted molar refractivity (Wildman–Crippen MR) is 107 cm³/mol. The summed E-state index contributed by atoms with van der Waals surface area (Å²) in [5, 5.41) is 29.4. The summed E-state index contributed by atoms with van der Waals surface area (Å²) in [6.45, 7) is 0. The number of carboxylic acids is 1. The molecule has 0 radical (unpaired) electrons. The monoisotopic (exact) mass is 404 g/mol. The standard InChI is InChI=1S/C22H13ClN2O4/c23-17-7-2-1-4-13(17)8-9-14-5-3-6-15-16(12-24)22(29)21(25-20(14)15)18(26)10-11-19(27)28/h1-7,29H,10-11H2,(H,27,28). The van der Waals surface area contributed by atoms with Crippen molar-refractivity contribution in [2.24, 2.45) is 0 Å². The first-order chi connectivity index (χ1) is 13.9. The number of carbonyl (C=O) groups is 2. The van der Waals surface area contributed by atoms with Crippen LogP contribution < -0.4 is 0 Å². The van der Waals surface area contributed by atoms with Crippen LogP contribution in [0.25, 0.3) is 10.9 Å². The summed E-state index contributed by atoms with van der Waals surface area (Å²) in [6, 6.07) is 13.8. The number of Topliss-reactive ketones (excluding diaryl/α,β-unsaturated/α-hetero) is 1. The van der Waals surface area contributed by atoms with Crippen LogP contribution in [0.2, 0.25) is 5.02 Å². The highest BCUT2D eigenvalue weighted by Crippen LogP contribution is 2.31. The lowest BCUT2D eigenvalue weighted by Gasteiger charge is -2.09. The molecule has 3 aromatic rings. The Morgan fingerprint density at radius 3 is 2.41 bits per heavy atom. The van der Waals surface area contributed by atoms with Crippen molar-refractivity contribution < 1.29 is 19.8 Å². The molecule has 0 saturated carbocycles. The number of carboxylic acid groups (broad SMARTS) is 1. The molecule has 1 aromatic heterocycles. The molecule has 2 N–H and O–H groups in total. The molecule has 1 heterocycles. The zero-order valence-corrected chi connectivity index (χ0v) is 15.7. The van der Waals surface area contributed by atoms with Gasteiger partial charge >= 0.3 is 5.97 Å². The van der Waals surface area contributed by atoms with Gasteiger partial charge in [0.25, 0.3) is 0 Å². The molecule has 0 atom stereocenters. The molecule has 0 aliphatic rings. The van der Waals surface area contributed by atoms with E-state index in [-0.39, 0.29) is 23.2 Å². The molecule has 2 aromatic carbocycles. The first kappa shape index (κ1) is 19.9. The number of para-hydroxylation sites is 1. The Morgan fingerprint density at radius 2 is 1.72 bits per heavy atom. The lowest BCUT2D eigenvalue weighted by atomic mass is 10.0. The number of nitriles is 1. The van der Waals surface area contributed by atoms with E-state index in [1.54, 1.807) is 42.5 Å². The van der Waals surface area contributed by atoms with Gasteiger partial charge in [0.2, 0.25) is 0 Å². The third-order valence-corrected chi connectivity index (χ3v) is 4.47. The van der Waals surface area contributed by atoms with Crippen LogP contribution in [0, 0.1) is 23.2 Å². The molecule has 142 valence electrons. The zero-order chi connectivity index (χ0) is 21.0. The van der Waals surface area contributed by atoms with E-state index >= 15 is 0 Å². The van der Waals surface area contributed by atoms with Gasteiger partial charge in [0.05, 0.1) is 22.5 Å². The third kappa shape index (κ3) is 4.19. The van der Waals surface area contributed by atoms with Crippen molar-refractivity contribution in [3.8, 4) is 23.7 Å². The third-order valence-electron chi connectivity index (χ3n) is 4.14. The van der Waals surface area contributed by atoms with Crippen molar-refractivity contribution in [2.75, 3.05) is 0 Å². The Bertz CT molecular complexity index is 1250. The number of pyridine rings is 1. The summed E-state index contributed by atoms with van der Waals surface area (Å²) in [5.41, 5.74) is 0.840. The Labute approximate surface area is 171 Å². The minimum atomic E-state index is -1.15. The number of ketones is 1.